The number of nitrogens with zero attached hydrogens (tertiary/aromatic N) is 3. The van der Waals surface area contributed by atoms with E-state index in [9.17, 15) is 9.18 Å². The van der Waals surface area contributed by atoms with Gasteiger partial charge in [-0.15, -0.1) is 0 Å². The van der Waals surface area contributed by atoms with Crippen LogP contribution in [0.4, 0.5) is 10.2 Å². The molecule has 0 fully saturated rings. The van der Waals surface area contributed by atoms with Crippen molar-refractivity contribution in [2.45, 2.75) is 6.42 Å². The summed E-state index contributed by atoms with van der Waals surface area (Å²) in [5.74, 6) is 0.0962. The van der Waals surface area contributed by atoms with Gasteiger partial charge in [0.2, 0.25) is 0 Å². The first-order valence-electron chi connectivity index (χ1n) is 9.02. The number of carbonyl (C=O) groups is 1. The molecule has 1 aliphatic heterocycles. The van der Waals surface area contributed by atoms with Crippen LogP contribution in [0.2, 0.25) is 0 Å². The molecule has 0 unspecified atom stereocenters. The summed E-state index contributed by atoms with van der Waals surface area (Å²) >= 11 is 0. The molecule has 28 heavy (non-hydrogen) atoms. The minimum Gasteiger partial charge on any atom is -0.382 e. The van der Waals surface area contributed by atoms with E-state index in [-0.39, 0.29) is 11.7 Å². The lowest BCUT2D eigenvalue weighted by Crippen LogP contribution is -2.34. The Bertz CT molecular complexity index is 1030. The number of nitrogen functional groups attached to an aromatic ring is 1. The zero-order valence-corrected chi connectivity index (χ0v) is 15.2. The zero-order chi connectivity index (χ0) is 19.5. The minimum absolute atomic E-state index is 0.0142. The number of aromatic nitrogens is 2. The molecule has 1 aliphatic rings. The van der Waals surface area contributed by atoms with Gasteiger partial charge >= 0.3 is 0 Å². The molecule has 2 heterocycles. The molecule has 140 valence electrons. The van der Waals surface area contributed by atoms with Crippen molar-refractivity contribution in [2.75, 3.05) is 18.8 Å². The predicted octanol–water partition coefficient (Wildman–Crippen LogP) is 3.79. The summed E-state index contributed by atoms with van der Waals surface area (Å²) < 4.78 is 13.1. The number of carbonyl (C=O) groups excluding carboxylic acids is 1. The highest BCUT2D eigenvalue weighted by molar-refractivity contribution is 5.95. The maximum atomic E-state index is 13.1. The Hall–Kier alpha value is -3.54. The van der Waals surface area contributed by atoms with E-state index in [0.29, 0.717) is 30.2 Å². The van der Waals surface area contributed by atoms with Crippen LogP contribution in [0, 0.1) is 5.82 Å². The second kappa shape index (κ2) is 7.60. The molecule has 2 aromatic carbocycles. The van der Waals surface area contributed by atoms with Crippen molar-refractivity contribution < 1.29 is 9.18 Å². The smallest absolute Gasteiger partial charge is 0.254 e. The Morgan fingerprint density at radius 1 is 1.00 bits per heavy atom. The third-order valence-electron chi connectivity index (χ3n) is 4.79. The lowest BCUT2D eigenvalue weighted by atomic mass is 9.99. The van der Waals surface area contributed by atoms with Gasteiger partial charge < -0.3 is 10.6 Å². The van der Waals surface area contributed by atoms with Crippen molar-refractivity contribution in [3.63, 3.8) is 0 Å². The van der Waals surface area contributed by atoms with Crippen molar-refractivity contribution in [1.82, 2.24) is 14.9 Å². The summed E-state index contributed by atoms with van der Waals surface area (Å²) in [6, 6.07) is 13.7. The first kappa shape index (κ1) is 17.9. The summed E-state index contributed by atoms with van der Waals surface area (Å²) in [6.07, 6.45) is 5.91. The number of rotatable bonds is 3. The largest absolute Gasteiger partial charge is 0.382 e. The average Bonchev–Trinajstić information content (AvgIpc) is 2.74. The third-order valence-corrected chi connectivity index (χ3v) is 4.79. The topological polar surface area (TPSA) is 72.1 Å². The summed E-state index contributed by atoms with van der Waals surface area (Å²) in [5, 5.41) is 0. The lowest BCUT2D eigenvalue weighted by molar-refractivity contribution is 0.0773. The molecular formula is C22H19FN4O. The molecule has 0 spiro atoms. The van der Waals surface area contributed by atoms with Crippen LogP contribution in [-0.2, 0) is 0 Å². The molecule has 1 aromatic heterocycles. The number of amides is 1. The number of nitrogens with two attached hydrogens (primary N) is 1. The predicted molar refractivity (Wildman–Crippen MR) is 107 cm³/mol. The molecule has 0 radical (unpaired) electrons. The van der Waals surface area contributed by atoms with Gasteiger partial charge in [-0.05, 0) is 41.8 Å². The summed E-state index contributed by atoms with van der Waals surface area (Å²) in [6.45, 7) is 1.17. The van der Waals surface area contributed by atoms with Gasteiger partial charge in [0, 0.05) is 24.2 Å². The molecule has 0 aliphatic carbocycles. The van der Waals surface area contributed by atoms with Crippen LogP contribution in [0.1, 0.15) is 22.3 Å². The number of halogens is 1. The Labute approximate surface area is 162 Å². The van der Waals surface area contributed by atoms with E-state index in [0.717, 1.165) is 23.1 Å². The van der Waals surface area contributed by atoms with Crippen LogP contribution in [0.5, 0.6) is 0 Å². The van der Waals surface area contributed by atoms with Crippen molar-refractivity contribution in [3.05, 3.63) is 83.9 Å². The standard InChI is InChI=1S/C22H19FN4O/c23-19-7-5-15(6-8-19)16-9-11-27(12-10-16)22(28)18-3-1-17(2-4-18)20-13-25-14-21(24)26-20/h1-9,13-14H,10-12H2,(H2,24,26). The molecule has 1 amide bonds. The molecule has 6 heteroatoms. The van der Waals surface area contributed by atoms with E-state index in [1.165, 1.54) is 18.3 Å². The fourth-order valence-electron chi connectivity index (χ4n) is 3.27. The molecule has 4 rings (SSSR count). The number of hydrogen-bond acceptors (Lipinski definition) is 4. The fraction of sp³-hybridized carbons (Fsp3) is 0.136. The Morgan fingerprint density at radius 3 is 2.36 bits per heavy atom. The zero-order valence-electron chi connectivity index (χ0n) is 15.2. The van der Waals surface area contributed by atoms with E-state index in [1.54, 1.807) is 30.5 Å². The highest BCUT2D eigenvalue weighted by Crippen LogP contribution is 2.24. The van der Waals surface area contributed by atoms with Gasteiger partial charge in [0.05, 0.1) is 18.1 Å². The summed E-state index contributed by atoms with van der Waals surface area (Å²) in [7, 11) is 0. The molecule has 5 nitrogen and oxygen atoms in total. The van der Waals surface area contributed by atoms with Crippen molar-refractivity contribution in [1.29, 1.82) is 0 Å². The average molecular weight is 374 g/mol. The highest BCUT2D eigenvalue weighted by Gasteiger charge is 2.19. The highest BCUT2D eigenvalue weighted by atomic mass is 19.1. The maximum absolute atomic E-state index is 13.1. The van der Waals surface area contributed by atoms with Crippen LogP contribution >= 0.6 is 0 Å². The Morgan fingerprint density at radius 2 is 1.71 bits per heavy atom. The first-order valence-corrected chi connectivity index (χ1v) is 9.02. The number of benzene rings is 2. The molecule has 0 saturated carbocycles. The molecule has 0 saturated heterocycles. The monoisotopic (exact) mass is 374 g/mol. The minimum atomic E-state index is -0.246. The van der Waals surface area contributed by atoms with Gasteiger partial charge in [0.25, 0.3) is 5.91 Å². The van der Waals surface area contributed by atoms with Gasteiger partial charge in [0.1, 0.15) is 11.6 Å². The van der Waals surface area contributed by atoms with Gasteiger partial charge in [-0.25, -0.2) is 9.37 Å². The van der Waals surface area contributed by atoms with Crippen LogP contribution in [-0.4, -0.2) is 33.9 Å². The number of hydrogen-bond donors (Lipinski definition) is 1. The van der Waals surface area contributed by atoms with Gasteiger partial charge in [0.15, 0.2) is 0 Å². The summed E-state index contributed by atoms with van der Waals surface area (Å²) in [5.41, 5.74) is 9.96. The quantitative estimate of drug-likeness (QED) is 0.757. The van der Waals surface area contributed by atoms with Crippen molar-refractivity contribution in [3.8, 4) is 11.3 Å². The second-order valence-electron chi connectivity index (χ2n) is 6.64. The van der Waals surface area contributed by atoms with E-state index in [2.05, 4.69) is 9.97 Å². The normalized spacial score (nSPS) is 13.9. The van der Waals surface area contributed by atoms with Gasteiger partial charge in [-0.3, -0.25) is 9.78 Å². The lowest BCUT2D eigenvalue weighted by Gasteiger charge is -2.27. The van der Waals surface area contributed by atoms with Crippen LogP contribution < -0.4 is 5.73 Å². The van der Waals surface area contributed by atoms with Crippen LogP contribution in [0.15, 0.2) is 67.0 Å². The van der Waals surface area contributed by atoms with Crippen molar-refractivity contribution in [2.24, 2.45) is 0 Å². The number of anilines is 1. The van der Waals surface area contributed by atoms with Crippen LogP contribution in [0.3, 0.4) is 0 Å². The first-order chi connectivity index (χ1) is 13.6. The van der Waals surface area contributed by atoms with E-state index < -0.39 is 0 Å². The maximum Gasteiger partial charge on any atom is 0.254 e. The van der Waals surface area contributed by atoms with E-state index in [1.807, 2.05) is 23.1 Å². The SMILES string of the molecule is Nc1cncc(-c2ccc(C(=O)N3CC=C(c4ccc(F)cc4)CC3)cc2)n1. The van der Waals surface area contributed by atoms with E-state index in [4.69, 9.17) is 5.73 Å². The van der Waals surface area contributed by atoms with E-state index >= 15 is 0 Å². The third kappa shape index (κ3) is 3.76. The Kier molecular flexibility index (Phi) is 4.85. The summed E-state index contributed by atoms with van der Waals surface area (Å²) in [4.78, 5) is 22.9. The van der Waals surface area contributed by atoms with Gasteiger partial charge in [-0.2, -0.15) is 0 Å². The van der Waals surface area contributed by atoms with Crippen molar-refractivity contribution >= 4 is 17.3 Å². The fourth-order valence-corrected chi connectivity index (χ4v) is 3.27. The Balaban J connectivity index is 1.46. The molecule has 0 bridgehead atoms. The molecule has 2 N–H and O–H groups in total. The second-order valence-corrected chi connectivity index (χ2v) is 6.64. The van der Waals surface area contributed by atoms with Gasteiger partial charge in [-0.1, -0.05) is 30.3 Å². The van der Waals surface area contributed by atoms with Crippen LogP contribution in [0.25, 0.3) is 16.8 Å². The molecule has 3 aromatic rings. The molecular weight excluding hydrogens is 355 g/mol. The molecule has 0 atom stereocenters.